The number of rotatable bonds is 20. The van der Waals surface area contributed by atoms with E-state index >= 15 is 0 Å². The van der Waals surface area contributed by atoms with Crippen LogP contribution in [0.1, 0.15) is 94.4 Å². The van der Waals surface area contributed by atoms with Gasteiger partial charge in [-0.05, 0) is 209 Å². The zero-order valence-electron chi connectivity index (χ0n) is 57.1. The molecule has 23 nitrogen and oxygen atoms in total. The van der Waals surface area contributed by atoms with E-state index in [0.717, 1.165) is 102 Å². The zero-order chi connectivity index (χ0) is 69.9. The number of ketones is 4. The number of likely N-dealkylation sites (N-methyl/N-ethyl adjacent to an activating group) is 3. The molecule has 2 saturated carbocycles. The Hall–Kier alpha value is -10.3. The van der Waals surface area contributed by atoms with Crippen LogP contribution < -0.4 is 14.2 Å². The summed E-state index contributed by atoms with van der Waals surface area (Å²) in [7, 11) is 12.1. The maximum Gasteiger partial charge on any atom is 0.312 e. The Bertz CT molecular complexity index is 4790. The molecule has 12 aromatic rings. The number of esters is 2. The number of phenols is 1. The highest BCUT2D eigenvalue weighted by molar-refractivity contribution is 6.13. The van der Waals surface area contributed by atoms with E-state index in [1.165, 1.54) is 0 Å². The van der Waals surface area contributed by atoms with Gasteiger partial charge in [-0.1, -0.05) is 52.3 Å². The van der Waals surface area contributed by atoms with Crippen LogP contribution in [0.25, 0.3) is 87.0 Å². The van der Waals surface area contributed by atoms with Crippen LogP contribution in [0.2, 0.25) is 0 Å². The molecule has 0 spiro atoms. The first-order valence-electron chi connectivity index (χ1n) is 33.0. The van der Waals surface area contributed by atoms with Gasteiger partial charge in [-0.2, -0.15) is 0 Å². The lowest BCUT2D eigenvalue weighted by Crippen LogP contribution is -2.23. The molecule has 0 amide bonds. The van der Waals surface area contributed by atoms with Crippen LogP contribution >= 0.6 is 12.4 Å². The number of Topliss-reactive ketones (excluding diaryl/α,β-unsaturated/α-hetero) is 4. The second-order valence-electron chi connectivity index (χ2n) is 25.2. The average Bonchev–Trinajstić information content (AvgIpc) is 1.69. The van der Waals surface area contributed by atoms with Crippen LogP contribution in [0.15, 0.2) is 139 Å². The first-order valence-corrected chi connectivity index (χ1v) is 33.0. The predicted molar refractivity (Wildman–Crippen MR) is 388 cm³/mol. The van der Waals surface area contributed by atoms with Gasteiger partial charge in [0.15, 0.2) is 22.3 Å². The van der Waals surface area contributed by atoms with E-state index in [0.29, 0.717) is 104 Å². The number of hydrogen-bond acceptors (Lipinski definition) is 23. The Labute approximate surface area is 589 Å². The topological polar surface area (TPSA) is 283 Å². The summed E-state index contributed by atoms with van der Waals surface area (Å²) in [6.45, 7) is 8.63. The SMILES string of the molecule is C.CCOC(=O)Cc1noc2ccc3cc(O)ccc3c12.CCOC(=O)Cc1noc2ccc3cc(OCCN(C)C)ccc3c12.CN(C)CCOc1ccc2c(ccc3onc(C4CCC(=O)CC4=O)c32)c1.CN(C)CCOc1ccc2c(ccc3onc(C4CCC(=O)CC4=O)c32)c1.Cl. The van der Waals surface area contributed by atoms with Crippen molar-refractivity contribution in [1.29, 1.82) is 0 Å². The molecule has 2 unspecified atom stereocenters. The van der Waals surface area contributed by atoms with Crippen LogP contribution in [0.5, 0.6) is 23.0 Å². The summed E-state index contributed by atoms with van der Waals surface area (Å²) in [6, 6.07) is 37.9. The molecule has 4 aromatic heterocycles. The Balaban J connectivity index is 0.000000157. The monoisotopic (exact) mass is 1400 g/mol. The highest BCUT2D eigenvalue weighted by Crippen LogP contribution is 2.40. The van der Waals surface area contributed by atoms with Crippen molar-refractivity contribution in [1.82, 2.24) is 35.3 Å². The minimum absolute atomic E-state index is 0. The third-order valence-electron chi connectivity index (χ3n) is 17.2. The third-order valence-corrected chi connectivity index (χ3v) is 17.2. The molecule has 2 atom stereocenters. The number of fused-ring (bicyclic) bond motifs is 12. The van der Waals surface area contributed by atoms with E-state index in [-0.39, 0.29) is 98.2 Å². The number of halogens is 1. The maximum absolute atomic E-state index is 12.4. The van der Waals surface area contributed by atoms with Crippen LogP contribution in [0.3, 0.4) is 0 Å². The highest BCUT2D eigenvalue weighted by Gasteiger charge is 2.34. The van der Waals surface area contributed by atoms with Crippen molar-refractivity contribution in [3.8, 4) is 23.0 Å². The lowest BCUT2D eigenvalue weighted by Gasteiger charge is -2.18. The Morgan fingerprint density at radius 3 is 1.13 bits per heavy atom. The number of aromatic hydroxyl groups is 1. The predicted octanol–water partition coefficient (Wildman–Crippen LogP) is 13.5. The molecule has 2 aliphatic rings. The number of hydrogen-bond donors (Lipinski definition) is 1. The third kappa shape index (κ3) is 18.0. The smallest absolute Gasteiger partial charge is 0.312 e. The van der Waals surface area contributed by atoms with Crippen LogP contribution in [0.4, 0.5) is 0 Å². The molecule has 14 rings (SSSR count). The molecule has 0 saturated heterocycles. The highest BCUT2D eigenvalue weighted by atomic mass is 35.5. The number of carbonyl (C=O) groups excluding carboxylic acids is 6. The number of carbonyl (C=O) groups is 6. The van der Waals surface area contributed by atoms with Gasteiger partial charge in [-0.3, -0.25) is 28.8 Å². The van der Waals surface area contributed by atoms with Gasteiger partial charge in [0.25, 0.3) is 0 Å². The van der Waals surface area contributed by atoms with Crippen LogP contribution in [-0.2, 0) is 51.1 Å². The Kier molecular flexibility index (Phi) is 25.3. The minimum atomic E-state index is -0.370. The summed E-state index contributed by atoms with van der Waals surface area (Å²) >= 11 is 0. The van der Waals surface area contributed by atoms with Crippen molar-refractivity contribution < 1.29 is 75.7 Å². The van der Waals surface area contributed by atoms with Crippen molar-refractivity contribution in [2.24, 2.45) is 0 Å². The molecule has 2 aliphatic carbocycles. The zero-order valence-corrected chi connectivity index (χ0v) is 57.9. The van der Waals surface area contributed by atoms with E-state index < -0.39 is 0 Å². The number of ether oxygens (including phenoxy) is 5. The van der Waals surface area contributed by atoms with Crippen molar-refractivity contribution in [2.75, 3.05) is 95.0 Å². The number of benzene rings is 8. The van der Waals surface area contributed by atoms with Gasteiger partial charge in [0.05, 0.1) is 72.3 Å². The molecule has 4 heterocycles. The summed E-state index contributed by atoms with van der Waals surface area (Å²) < 4.78 is 49.0. The van der Waals surface area contributed by atoms with E-state index in [1.807, 2.05) is 139 Å². The average molecular weight is 1400 g/mol. The van der Waals surface area contributed by atoms with Crippen molar-refractivity contribution in [3.05, 3.63) is 144 Å². The summed E-state index contributed by atoms with van der Waals surface area (Å²) in [5.41, 5.74) is 5.03. The lowest BCUT2D eigenvalue weighted by molar-refractivity contribution is -0.143. The fraction of sp³-hybridized carbons (Fsp3) is 0.351. The minimum Gasteiger partial charge on any atom is -0.508 e. The van der Waals surface area contributed by atoms with Gasteiger partial charge < -0.3 is 61.6 Å². The second kappa shape index (κ2) is 34.2. The summed E-state index contributed by atoms with van der Waals surface area (Å²) in [4.78, 5) is 77.5. The molecule has 530 valence electrons. The number of aromatic nitrogens is 4. The fourth-order valence-corrected chi connectivity index (χ4v) is 12.2. The first kappa shape index (κ1) is 74.9. The molecule has 0 bridgehead atoms. The fourth-order valence-electron chi connectivity index (χ4n) is 12.2. The number of nitrogens with zero attached hydrogens (tertiary/aromatic N) is 7. The second-order valence-corrected chi connectivity index (χ2v) is 25.2. The van der Waals surface area contributed by atoms with E-state index in [2.05, 4.69) is 35.3 Å². The van der Waals surface area contributed by atoms with Gasteiger partial charge in [-0.25, -0.2) is 0 Å². The van der Waals surface area contributed by atoms with E-state index in [4.69, 9.17) is 41.8 Å². The quantitative estimate of drug-likeness (QED) is 0.0548. The molecular formula is C77H84ClN7O16. The number of phenolic OH excluding ortho intramolecular Hbond substituents is 1. The molecule has 8 aromatic carbocycles. The van der Waals surface area contributed by atoms with Gasteiger partial charge in [-0.15, -0.1) is 12.4 Å². The molecule has 1 N–H and O–H groups in total. The molecule has 0 radical (unpaired) electrons. The van der Waals surface area contributed by atoms with Crippen LogP contribution in [-0.4, -0.2) is 170 Å². The molecule has 2 fully saturated rings. The molecular weight excluding hydrogens is 1310 g/mol. The maximum atomic E-state index is 12.4. The van der Waals surface area contributed by atoms with Gasteiger partial charge in [0.2, 0.25) is 0 Å². The van der Waals surface area contributed by atoms with Crippen molar-refractivity contribution >= 4 is 134 Å². The van der Waals surface area contributed by atoms with Crippen molar-refractivity contribution in [3.63, 3.8) is 0 Å². The van der Waals surface area contributed by atoms with Gasteiger partial charge in [0, 0.05) is 32.5 Å². The van der Waals surface area contributed by atoms with E-state index in [1.54, 1.807) is 38.1 Å². The molecule has 0 aliphatic heterocycles. The standard InChI is InChI=1S/2C21H22N2O4.C19H22N2O4.C15H13NO4.CH4.ClH/c2*1-23(2)9-10-26-15-5-7-16-13(11-15)3-8-19-20(16)21(22-27-19)17-6-4-14(24)12-18(17)25;1-4-23-18(22)12-16-19-15-7-6-14(24-10-9-21(2)3)11-13(15)5-8-17(19)25-20-16;1-2-19-14(18)8-12-15-11-5-4-10(17)7-9(11)3-6-13(15)20-16-12;;/h2*3,5,7-8,11,17H,4,6,9-10,12H2,1-2H3;5-8,11H,4,9-10,12H2,1-3H3;3-7,17H,2,8H2,1H3;1H4;1H. The first-order chi connectivity index (χ1) is 47.8. The molecule has 101 heavy (non-hydrogen) atoms. The van der Waals surface area contributed by atoms with Gasteiger partial charge in [0.1, 0.15) is 88.7 Å². The Morgan fingerprint density at radius 1 is 0.455 bits per heavy atom. The van der Waals surface area contributed by atoms with E-state index in [9.17, 15) is 33.9 Å². The van der Waals surface area contributed by atoms with Crippen LogP contribution in [0, 0.1) is 0 Å². The summed E-state index contributed by atoms with van der Waals surface area (Å²) in [5, 5.41) is 37.0. The lowest BCUT2D eigenvalue weighted by atomic mass is 9.83. The Morgan fingerprint density at radius 2 is 0.782 bits per heavy atom. The normalized spacial score (nSPS) is 14.6. The summed E-state index contributed by atoms with van der Waals surface area (Å²) in [6.07, 6.45) is 1.99. The summed E-state index contributed by atoms with van der Waals surface area (Å²) in [5.74, 6) is 1.12. The van der Waals surface area contributed by atoms with Crippen molar-refractivity contribution in [2.45, 2.75) is 84.5 Å². The molecule has 24 heteroatoms. The largest absolute Gasteiger partial charge is 0.508 e. The van der Waals surface area contributed by atoms with Gasteiger partial charge >= 0.3 is 11.9 Å².